The molecule has 1 aliphatic carbocycles. The van der Waals surface area contributed by atoms with Crippen LogP contribution in [0.25, 0.3) is 0 Å². The summed E-state index contributed by atoms with van der Waals surface area (Å²) >= 11 is 0. The van der Waals surface area contributed by atoms with Gasteiger partial charge in [0.15, 0.2) is 0 Å². The summed E-state index contributed by atoms with van der Waals surface area (Å²) < 4.78 is 5.38. The number of nitrogens with zero attached hydrogens (tertiary/aromatic N) is 1. The number of hydrogen-bond acceptors (Lipinski definition) is 4. The van der Waals surface area contributed by atoms with Crippen molar-refractivity contribution in [3.8, 4) is 5.75 Å². The van der Waals surface area contributed by atoms with Crippen molar-refractivity contribution in [1.82, 2.24) is 15.5 Å². The number of carbonyl (C=O) groups is 2. The third-order valence-electron chi connectivity index (χ3n) is 5.55. The zero-order valence-electron chi connectivity index (χ0n) is 15.9. The minimum atomic E-state index is -0.412. The molecule has 2 amide bonds. The average Bonchev–Trinajstić information content (AvgIpc) is 3.45. The van der Waals surface area contributed by atoms with Gasteiger partial charge in [-0.1, -0.05) is 6.07 Å². The first kappa shape index (κ1) is 18.7. The maximum atomic E-state index is 12.4. The van der Waals surface area contributed by atoms with E-state index < -0.39 is 6.04 Å². The van der Waals surface area contributed by atoms with Crippen molar-refractivity contribution < 1.29 is 14.3 Å². The van der Waals surface area contributed by atoms with Gasteiger partial charge in [0, 0.05) is 26.2 Å². The molecule has 0 unspecified atom stereocenters. The van der Waals surface area contributed by atoms with E-state index in [9.17, 15) is 9.59 Å². The molecular weight excluding hydrogens is 330 g/mol. The molecule has 2 fully saturated rings. The molecule has 1 atom stereocenters. The summed E-state index contributed by atoms with van der Waals surface area (Å²) in [6.07, 6.45) is 2.62. The SMILES string of the molecule is COc1ccc(CN2CCNC(=O)[C@H]2CC(=O)NCC2CC2)c(C)c1C. The predicted octanol–water partition coefficient (Wildman–Crippen LogP) is 1.53. The van der Waals surface area contributed by atoms with Crippen LogP contribution < -0.4 is 15.4 Å². The molecule has 1 saturated heterocycles. The van der Waals surface area contributed by atoms with Crippen LogP contribution in [0.4, 0.5) is 0 Å². The van der Waals surface area contributed by atoms with E-state index in [4.69, 9.17) is 4.74 Å². The van der Waals surface area contributed by atoms with Gasteiger partial charge >= 0.3 is 0 Å². The van der Waals surface area contributed by atoms with Crippen molar-refractivity contribution >= 4 is 11.8 Å². The second-order valence-corrected chi connectivity index (χ2v) is 7.41. The molecule has 1 aromatic rings. The van der Waals surface area contributed by atoms with Gasteiger partial charge in [0.1, 0.15) is 5.75 Å². The van der Waals surface area contributed by atoms with E-state index in [0.29, 0.717) is 19.0 Å². The summed E-state index contributed by atoms with van der Waals surface area (Å²) in [5.41, 5.74) is 3.46. The first-order chi connectivity index (χ1) is 12.5. The first-order valence-electron chi connectivity index (χ1n) is 9.41. The molecule has 2 aliphatic rings. The quantitative estimate of drug-likeness (QED) is 0.775. The van der Waals surface area contributed by atoms with E-state index in [1.54, 1.807) is 7.11 Å². The number of carbonyl (C=O) groups excluding carboxylic acids is 2. The molecule has 142 valence electrons. The molecule has 26 heavy (non-hydrogen) atoms. The molecule has 0 spiro atoms. The van der Waals surface area contributed by atoms with E-state index in [0.717, 1.165) is 24.4 Å². The largest absolute Gasteiger partial charge is 0.496 e. The predicted molar refractivity (Wildman–Crippen MR) is 100 cm³/mol. The van der Waals surface area contributed by atoms with Crippen molar-refractivity contribution in [2.75, 3.05) is 26.7 Å². The van der Waals surface area contributed by atoms with Crippen molar-refractivity contribution in [3.63, 3.8) is 0 Å². The maximum Gasteiger partial charge on any atom is 0.237 e. The molecule has 6 heteroatoms. The lowest BCUT2D eigenvalue weighted by Gasteiger charge is -2.35. The Kier molecular flexibility index (Phi) is 5.81. The Bertz CT molecular complexity index is 685. The lowest BCUT2D eigenvalue weighted by molar-refractivity contribution is -0.134. The Hall–Kier alpha value is -2.08. The monoisotopic (exact) mass is 359 g/mol. The van der Waals surface area contributed by atoms with Crippen LogP contribution in [-0.4, -0.2) is 49.5 Å². The van der Waals surface area contributed by atoms with Gasteiger partial charge < -0.3 is 15.4 Å². The zero-order valence-corrected chi connectivity index (χ0v) is 15.9. The molecule has 0 aromatic heterocycles. The number of amides is 2. The van der Waals surface area contributed by atoms with E-state index in [-0.39, 0.29) is 18.2 Å². The Morgan fingerprint density at radius 1 is 1.31 bits per heavy atom. The van der Waals surface area contributed by atoms with Gasteiger partial charge in [-0.15, -0.1) is 0 Å². The Morgan fingerprint density at radius 3 is 2.77 bits per heavy atom. The molecule has 0 bridgehead atoms. The highest BCUT2D eigenvalue weighted by atomic mass is 16.5. The van der Waals surface area contributed by atoms with Crippen LogP contribution in [0.5, 0.6) is 5.75 Å². The number of ether oxygens (including phenoxy) is 1. The third-order valence-corrected chi connectivity index (χ3v) is 5.55. The third kappa shape index (κ3) is 4.36. The summed E-state index contributed by atoms with van der Waals surface area (Å²) in [6.45, 7) is 6.89. The highest BCUT2D eigenvalue weighted by molar-refractivity contribution is 5.88. The van der Waals surface area contributed by atoms with Gasteiger partial charge in [0.05, 0.1) is 19.6 Å². The summed E-state index contributed by atoms with van der Waals surface area (Å²) in [4.78, 5) is 26.8. The fourth-order valence-corrected chi connectivity index (χ4v) is 3.46. The number of nitrogens with one attached hydrogen (secondary N) is 2. The van der Waals surface area contributed by atoms with E-state index in [1.165, 1.54) is 24.0 Å². The van der Waals surface area contributed by atoms with Gasteiger partial charge in [-0.2, -0.15) is 0 Å². The molecule has 1 heterocycles. The van der Waals surface area contributed by atoms with Crippen LogP contribution >= 0.6 is 0 Å². The molecule has 1 aliphatic heterocycles. The Balaban J connectivity index is 1.68. The van der Waals surface area contributed by atoms with Gasteiger partial charge in [-0.05, 0) is 55.4 Å². The van der Waals surface area contributed by atoms with Crippen molar-refractivity contribution in [3.05, 3.63) is 28.8 Å². The molecule has 2 N–H and O–H groups in total. The van der Waals surface area contributed by atoms with Crippen molar-refractivity contribution in [2.24, 2.45) is 5.92 Å². The van der Waals surface area contributed by atoms with Crippen molar-refractivity contribution in [1.29, 1.82) is 0 Å². The molecule has 1 aromatic carbocycles. The number of piperazine rings is 1. The Labute approximate surface area is 155 Å². The highest BCUT2D eigenvalue weighted by Crippen LogP contribution is 2.28. The lowest BCUT2D eigenvalue weighted by Crippen LogP contribution is -2.56. The van der Waals surface area contributed by atoms with Crippen LogP contribution in [0, 0.1) is 19.8 Å². The second kappa shape index (κ2) is 8.08. The second-order valence-electron chi connectivity index (χ2n) is 7.41. The van der Waals surface area contributed by atoms with E-state index >= 15 is 0 Å². The van der Waals surface area contributed by atoms with Crippen molar-refractivity contribution in [2.45, 2.75) is 45.7 Å². The first-order valence-corrected chi connectivity index (χ1v) is 9.41. The Morgan fingerprint density at radius 2 is 2.08 bits per heavy atom. The number of rotatable bonds is 7. The van der Waals surface area contributed by atoms with Crippen LogP contribution in [0.2, 0.25) is 0 Å². The minimum Gasteiger partial charge on any atom is -0.496 e. The van der Waals surface area contributed by atoms with Gasteiger partial charge in [-0.25, -0.2) is 0 Å². The fourth-order valence-electron chi connectivity index (χ4n) is 3.46. The summed E-state index contributed by atoms with van der Waals surface area (Å²) in [6, 6.07) is 3.61. The van der Waals surface area contributed by atoms with Crippen LogP contribution in [-0.2, 0) is 16.1 Å². The summed E-state index contributed by atoms with van der Waals surface area (Å²) in [5, 5.41) is 5.86. The van der Waals surface area contributed by atoms with E-state index in [1.807, 2.05) is 13.0 Å². The van der Waals surface area contributed by atoms with E-state index in [2.05, 4.69) is 28.5 Å². The van der Waals surface area contributed by atoms with Gasteiger partial charge in [0.2, 0.25) is 11.8 Å². The molecule has 3 rings (SSSR count). The summed E-state index contributed by atoms with van der Waals surface area (Å²) in [7, 11) is 1.67. The maximum absolute atomic E-state index is 12.4. The number of benzene rings is 1. The topological polar surface area (TPSA) is 70.7 Å². The molecule has 6 nitrogen and oxygen atoms in total. The van der Waals surface area contributed by atoms with Gasteiger partial charge in [-0.3, -0.25) is 14.5 Å². The summed E-state index contributed by atoms with van der Waals surface area (Å²) in [5.74, 6) is 1.42. The van der Waals surface area contributed by atoms with Crippen LogP contribution in [0.15, 0.2) is 12.1 Å². The molecular formula is C20H29N3O3. The lowest BCUT2D eigenvalue weighted by atomic mass is 10.00. The standard InChI is InChI=1S/C20H29N3O3/c1-13-14(2)18(26-3)7-6-16(13)12-23-9-8-21-20(25)17(23)10-19(24)22-11-15-4-5-15/h6-7,15,17H,4-5,8-12H2,1-3H3,(H,21,25)(H,22,24)/t17-/m1/s1. The number of methoxy groups -OCH3 is 1. The van der Waals surface area contributed by atoms with Gasteiger partial charge in [0.25, 0.3) is 0 Å². The normalized spacial score (nSPS) is 20.6. The van der Waals surface area contributed by atoms with Crippen LogP contribution in [0.1, 0.15) is 36.0 Å². The average molecular weight is 359 g/mol. The smallest absolute Gasteiger partial charge is 0.237 e. The molecule has 0 radical (unpaired) electrons. The molecule has 1 saturated carbocycles. The highest BCUT2D eigenvalue weighted by Gasteiger charge is 2.32. The number of hydrogen-bond donors (Lipinski definition) is 2. The zero-order chi connectivity index (χ0) is 18.7. The minimum absolute atomic E-state index is 0.0356. The van der Waals surface area contributed by atoms with Crippen LogP contribution in [0.3, 0.4) is 0 Å². The fraction of sp³-hybridized carbons (Fsp3) is 0.600.